The van der Waals surface area contributed by atoms with Crippen LogP contribution in [0.1, 0.15) is 65.7 Å². The Morgan fingerprint density at radius 1 is 0.630 bits per heavy atom. The molecule has 5 aromatic rings. The summed E-state index contributed by atoms with van der Waals surface area (Å²) >= 11 is 0. The Kier molecular flexibility index (Phi) is 13.7. The number of hydrogen-bond donors (Lipinski definition) is 3. The number of carboxylic acid groups (broad SMARTS) is 1. The molecule has 54 heavy (non-hydrogen) atoms. The van der Waals surface area contributed by atoms with E-state index in [2.05, 4.69) is 10.6 Å². The number of alkyl carbamates (subject to hydrolysis) is 1. The highest BCUT2D eigenvalue weighted by molar-refractivity contribution is 5.96. The maximum atomic E-state index is 13.5. The van der Waals surface area contributed by atoms with E-state index in [1.165, 1.54) is 0 Å². The van der Waals surface area contributed by atoms with Gasteiger partial charge in [0.1, 0.15) is 37.2 Å². The summed E-state index contributed by atoms with van der Waals surface area (Å²) in [6.07, 6.45) is -0.745. The van der Waals surface area contributed by atoms with Crippen molar-refractivity contribution in [1.29, 1.82) is 0 Å². The molecule has 0 saturated carbocycles. The van der Waals surface area contributed by atoms with E-state index in [4.69, 9.17) is 18.9 Å². The van der Waals surface area contributed by atoms with Crippen LogP contribution in [-0.4, -0.2) is 41.3 Å². The highest BCUT2D eigenvalue weighted by Crippen LogP contribution is 2.35. The molecule has 2 atom stereocenters. The minimum absolute atomic E-state index is 0.0722. The fraction of sp³-hybridized carbons (Fsp3) is 0.250. The van der Waals surface area contributed by atoms with E-state index in [1.807, 2.05) is 91.0 Å². The molecule has 280 valence electrons. The van der Waals surface area contributed by atoms with E-state index < -0.39 is 29.6 Å². The second-order valence-corrected chi connectivity index (χ2v) is 13.6. The zero-order chi connectivity index (χ0) is 38.3. The molecule has 2 amide bonds. The van der Waals surface area contributed by atoms with E-state index in [1.54, 1.807) is 63.2 Å². The average molecular weight is 731 g/mol. The monoisotopic (exact) mass is 730 g/mol. The van der Waals surface area contributed by atoms with Crippen LogP contribution >= 0.6 is 0 Å². The predicted octanol–water partition coefficient (Wildman–Crippen LogP) is 8.31. The number of para-hydroxylation sites is 1. The summed E-state index contributed by atoms with van der Waals surface area (Å²) in [6, 6.07) is 39.7. The van der Waals surface area contributed by atoms with Gasteiger partial charge in [0.25, 0.3) is 5.91 Å². The van der Waals surface area contributed by atoms with Crippen LogP contribution in [0.4, 0.5) is 4.79 Å². The fourth-order valence-corrected chi connectivity index (χ4v) is 5.70. The summed E-state index contributed by atoms with van der Waals surface area (Å²) in [5, 5.41) is 16.0. The van der Waals surface area contributed by atoms with Crippen LogP contribution in [0.2, 0.25) is 0 Å². The molecule has 5 rings (SSSR count). The number of ether oxygens (including phenoxy) is 4. The number of carbonyl (C=O) groups excluding carboxylic acids is 2. The van der Waals surface area contributed by atoms with Crippen LogP contribution < -0.4 is 24.8 Å². The molecule has 0 aromatic heterocycles. The van der Waals surface area contributed by atoms with Gasteiger partial charge >= 0.3 is 12.1 Å². The van der Waals surface area contributed by atoms with Crippen molar-refractivity contribution in [2.24, 2.45) is 0 Å². The number of hydrogen-bond acceptors (Lipinski definition) is 7. The first-order valence-corrected chi connectivity index (χ1v) is 17.8. The van der Waals surface area contributed by atoms with Gasteiger partial charge in [-0.2, -0.15) is 0 Å². The number of carbonyl (C=O) groups is 3. The Bertz CT molecular complexity index is 1960. The lowest BCUT2D eigenvalue weighted by Crippen LogP contribution is -2.47. The third-order valence-electron chi connectivity index (χ3n) is 8.32. The van der Waals surface area contributed by atoms with Gasteiger partial charge < -0.3 is 34.7 Å². The summed E-state index contributed by atoms with van der Waals surface area (Å²) in [7, 11) is 0. The quantitative estimate of drug-likeness (QED) is 0.0871. The van der Waals surface area contributed by atoms with Gasteiger partial charge in [-0.25, -0.2) is 9.59 Å². The van der Waals surface area contributed by atoms with Crippen LogP contribution in [0.15, 0.2) is 133 Å². The van der Waals surface area contributed by atoms with Crippen molar-refractivity contribution >= 4 is 18.0 Å². The molecule has 0 aliphatic carbocycles. The number of benzene rings is 5. The average Bonchev–Trinajstić information content (AvgIpc) is 3.17. The maximum Gasteiger partial charge on any atom is 0.408 e. The van der Waals surface area contributed by atoms with Crippen LogP contribution in [0.5, 0.6) is 17.2 Å². The van der Waals surface area contributed by atoms with Gasteiger partial charge in [-0.3, -0.25) is 4.79 Å². The molecule has 1 unspecified atom stereocenters. The SMILES string of the molecule is CC(C)(C)OC(=O)N[C@H](C(=O)O)C(CCNC(=O)c1ccccc1OCc1ccccc1)c1ccc(OCc2ccccc2)c(OCc2ccccc2)c1. The van der Waals surface area contributed by atoms with Crippen molar-refractivity contribution < 1.29 is 38.4 Å². The first-order chi connectivity index (χ1) is 26.1. The van der Waals surface area contributed by atoms with Crippen molar-refractivity contribution in [3.63, 3.8) is 0 Å². The highest BCUT2D eigenvalue weighted by Gasteiger charge is 2.33. The standard InChI is InChI=1S/C44H46N2O8/c1-44(2,3)54-43(50)46-40(42(48)49)35(25-26-45-41(47)36-21-13-14-22-37(36)51-28-31-15-7-4-8-16-31)34-23-24-38(52-29-32-17-9-5-10-18-32)39(27-34)53-30-33-19-11-6-12-20-33/h4-24,27,35,40H,25-26,28-30H2,1-3H3,(H,45,47)(H,46,50)(H,48,49)/t35?,40-/m0/s1. The Hall–Kier alpha value is -6.29. The van der Waals surface area contributed by atoms with E-state index in [-0.39, 0.29) is 38.7 Å². The minimum atomic E-state index is -1.42. The van der Waals surface area contributed by atoms with Gasteiger partial charge in [-0.15, -0.1) is 0 Å². The summed E-state index contributed by atoms with van der Waals surface area (Å²) in [4.78, 5) is 39.3. The molecule has 0 aliphatic rings. The Morgan fingerprint density at radius 3 is 1.67 bits per heavy atom. The van der Waals surface area contributed by atoms with Gasteiger partial charge in [0.2, 0.25) is 0 Å². The maximum absolute atomic E-state index is 13.5. The van der Waals surface area contributed by atoms with Crippen LogP contribution in [0, 0.1) is 0 Å². The molecular weight excluding hydrogens is 684 g/mol. The van der Waals surface area contributed by atoms with E-state index in [9.17, 15) is 19.5 Å². The number of aliphatic carboxylic acids is 1. The molecule has 0 bridgehead atoms. The normalized spacial score (nSPS) is 12.1. The van der Waals surface area contributed by atoms with Crippen molar-refractivity contribution in [2.45, 2.75) is 64.6 Å². The van der Waals surface area contributed by atoms with Gasteiger partial charge in [0, 0.05) is 12.5 Å². The highest BCUT2D eigenvalue weighted by atomic mass is 16.6. The number of amides is 2. The van der Waals surface area contributed by atoms with Gasteiger partial charge in [0.15, 0.2) is 11.5 Å². The zero-order valence-electron chi connectivity index (χ0n) is 30.7. The third kappa shape index (κ3) is 11.9. The number of carboxylic acids is 1. The van der Waals surface area contributed by atoms with Crippen molar-refractivity contribution in [3.05, 3.63) is 161 Å². The third-order valence-corrected chi connectivity index (χ3v) is 8.32. The van der Waals surface area contributed by atoms with Crippen molar-refractivity contribution in [1.82, 2.24) is 10.6 Å². The second-order valence-electron chi connectivity index (χ2n) is 13.6. The number of nitrogens with one attached hydrogen (secondary N) is 2. The zero-order valence-corrected chi connectivity index (χ0v) is 30.7. The topological polar surface area (TPSA) is 132 Å². The largest absolute Gasteiger partial charge is 0.488 e. The smallest absolute Gasteiger partial charge is 0.408 e. The van der Waals surface area contributed by atoms with Crippen molar-refractivity contribution in [2.75, 3.05) is 6.54 Å². The fourth-order valence-electron chi connectivity index (χ4n) is 5.70. The second kappa shape index (κ2) is 19.0. The predicted molar refractivity (Wildman–Crippen MR) is 206 cm³/mol. The van der Waals surface area contributed by atoms with Crippen molar-refractivity contribution in [3.8, 4) is 17.2 Å². The molecule has 0 fully saturated rings. The summed E-state index contributed by atoms with van der Waals surface area (Å²) < 4.78 is 23.9. The van der Waals surface area contributed by atoms with E-state index in [0.29, 0.717) is 28.4 Å². The molecular formula is C44H46N2O8. The Balaban J connectivity index is 1.40. The first-order valence-electron chi connectivity index (χ1n) is 17.8. The lowest BCUT2D eigenvalue weighted by atomic mass is 9.88. The Labute approximate surface area is 316 Å². The van der Waals surface area contributed by atoms with Crippen LogP contribution in [-0.2, 0) is 29.4 Å². The van der Waals surface area contributed by atoms with Crippen LogP contribution in [0.25, 0.3) is 0 Å². The van der Waals surface area contributed by atoms with E-state index >= 15 is 0 Å². The first kappa shape index (κ1) is 38.9. The summed E-state index contributed by atoms with van der Waals surface area (Å²) in [5.41, 5.74) is 2.87. The molecule has 0 spiro atoms. The van der Waals surface area contributed by atoms with Gasteiger partial charge in [-0.05, 0) is 73.7 Å². The number of rotatable bonds is 17. The summed E-state index contributed by atoms with van der Waals surface area (Å²) in [5.74, 6) is -1.22. The summed E-state index contributed by atoms with van der Waals surface area (Å²) in [6.45, 7) is 5.96. The lowest BCUT2D eigenvalue weighted by Gasteiger charge is -2.28. The Morgan fingerprint density at radius 2 is 1.13 bits per heavy atom. The molecule has 0 saturated heterocycles. The van der Waals surface area contributed by atoms with Gasteiger partial charge in [0.05, 0.1) is 5.56 Å². The van der Waals surface area contributed by atoms with E-state index in [0.717, 1.165) is 16.7 Å². The minimum Gasteiger partial charge on any atom is -0.488 e. The molecule has 10 nitrogen and oxygen atoms in total. The van der Waals surface area contributed by atoms with Crippen LogP contribution in [0.3, 0.4) is 0 Å². The molecule has 0 heterocycles. The molecule has 5 aromatic carbocycles. The van der Waals surface area contributed by atoms with Gasteiger partial charge in [-0.1, -0.05) is 109 Å². The molecule has 3 N–H and O–H groups in total. The molecule has 0 radical (unpaired) electrons. The molecule has 0 aliphatic heterocycles. The lowest BCUT2D eigenvalue weighted by molar-refractivity contribution is -0.140. The molecule has 10 heteroatoms.